The van der Waals surface area contributed by atoms with E-state index in [1.807, 2.05) is 94.9 Å². The van der Waals surface area contributed by atoms with Crippen LogP contribution < -0.4 is 10.6 Å². The molecule has 2 aromatic carbocycles. The lowest BCUT2D eigenvalue weighted by Crippen LogP contribution is -2.59. The molecule has 0 unspecified atom stereocenters. The number of nitrogens with zero attached hydrogens (tertiary/aromatic N) is 6. The van der Waals surface area contributed by atoms with Crippen molar-refractivity contribution < 1.29 is 24.6 Å². The molecule has 0 saturated carbocycles. The van der Waals surface area contributed by atoms with Crippen LogP contribution in [-0.2, 0) is 14.4 Å². The molecule has 2 saturated heterocycles. The van der Waals surface area contributed by atoms with Gasteiger partial charge in [0.2, 0.25) is 17.7 Å². The number of rotatable bonds is 11. The highest BCUT2D eigenvalue weighted by Crippen LogP contribution is 2.33. The van der Waals surface area contributed by atoms with E-state index < -0.39 is 23.6 Å². The molecule has 5 heterocycles. The fraction of sp³-hybridized carbons (Fsp3) is 0.400. The van der Waals surface area contributed by atoms with Gasteiger partial charge in [0.05, 0.1) is 46.7 Å². The summed E-state index contributed by atoms with van der Waals surface area (Å²) in [5, 5.41) is 35.4. The molecule has 13 nitrogen and oxygen atoms in total. The minimum absolute atomic E-state index is 0.0118. The van der Waals surface area contributed by atoms with Crippen LogP contribution in [0.2, 0.25) is 0 Å². The lowest BCUT2D eigenvalue weighted by molar-refractivity contribution is -0.144. The molecule has 3 amide bonds. The first-order valence-corrected chi connectivity index (χ1v) is 21.0. The van der Waals surface area contributed by atoms with Gasteiger partial charge in [-0.3, -0.25) is 24.3 Å². The minimum Gasteiger partial charge on any atom is -0.507 e. The minimum atomic E-state index is -0.902. The molecular weight excluding hydrogens is 765 g/mol. The molecule has 3 aromatic heterocycles. The van der Waals surface area contributed by atoms with Crippen molar-refractivity contribution in [3.05, 3.63) is 102 Å². The number of aromatic hydroxyl groups is 1. The van der Waals surface area contributed by atoms with Crippen molar-refractivity contribution in [3.63, 3.8) is 0 Å². The van der Waals surface area contributed by atoms with Gasteiger partial charge in [-0.1, -0.05) is 63.2 Å². The molecule has 2 aliphatic heterocycles. The molecule has 7 rings (SSSR count). The van der Waals surface area contributed by atoms with Gasteiger partial charge in [0.1, 0.15) is 17.8 Å². The quantitative estimate of drug-likeness (QED) is 0.126. The van der Waals surface area contributed by atoms with Crippen LogP contribution in [0.1, 0.15) is 75.9 Å². The van der Waals surface area contributed by atoms with E-state index in [0.29, 0.717) is 24.3 Å². The third-order valence-electron chi connectivity index (χ3n) is 11.4. The number of aliphatic hydroxyl groups excluding tert-OH is 1. The summed E-state index contributed by atoms with van der Waals surface area (Å²) in [5.74, 6) is -0.615. The molecule has 2 fully saturated rings. The van der Waals surface area contributed by atoms with E-state index in [1.165, 1.54) is 4.90 Å². The lowest BCUT2D eigenvalue weighted by atomic mass is 9.85. The molecular formula is C45H52N8O5S. The molecule has 59 heavy (non-hydrogen) atoms. The number of hydrogen-bond donors (Lipinski definition) is 4. The predicted octanol–water partition coefficient (Wildman–Crippen LogP) is 5.89. The number of benzene rings is 2. The Kier molecular flexibility index (Phi) is 12.5. The number of pyridine rings is 1. The van der Waals surface area contributed by atoms with Gasteiger partial charge >= 0.3 is 0 Å². The summed E-state index contributed by atoms with van der Waals surface area (Å²) in [7, 11) is 0. The Hall–Kier alpha value is -5.57. The van der Waals surface area contributed by atoms with Crippen LogP contribution in [0.25, 0.3) is 32.8 Å². The van der Waals surface area contributed by atoms with Gasteiger partial charge in [0.25, 0.3) is 0 Å². The number of hydrogen-bond acceptors (Lipinski definition) is 11. The highest BCUT2D eigenvalue weighted by molar-refractivity contribution is 7.13. The number of aromatic nitrogens is 4. The Balaban J connectivity index is 0.924. The number of amides is 3. The number of likely N-dealkylation sites (tertiary alicyclic amines) is 2. The normalized spacial score (nSPS) is 18.6. The predicted molar refractivity (Wildman–Crippen MR) is 227 cm³/mol. The van der Waals surface area contributed by atoms with Gasteiger partial charge in [-0.25, -0.2) is 4.98 Å². The average Bonchev–Trinajstić information content (AvgIpc) is 3.85. The molecule has 2 aliphatic rings. The van der Waals surface area contributed by atoms with Gasteiger partial charge in [0, 0.05) is 47.5 Å². The van der Waals surface area contributed by atoms with Crippen LogP contribution in [0.5, 0.6) is 5.75 Å². The van der Waals surface area contributed by atoms with E-state index >= 15 is 0 Å². The molecule has 5 aromatic rings. The smallest absolute Gasteiger partial charge is 0.246 e. The number of phenolic OH excluding ortho intramolecular Hbond substituents is 1. The number of aliphatic hydroxyl groups is 1. The SMILES string of the molecule is Cc1ncsc1-c1ccc([C@H](C)NC(=O)[C@@H]2C[C@@H](O)CN2C(=O)[C@@H](NC(=O)CN2CCC(c3ccc(-c4cnnc(-c5ccccc5O)c4)cn3)CC2)C(C)(C)C)cc1. The summed E-state index contributed by atoms with van der Waals surface area (Å²) < 4.78 is 0. The van der Waals surface area contributed by atoms with E-state index in [2.05, 4.69) is 30.7 Å². The van der Waals surface area contributed by atoms with Crippen molar-refractivity contribution in [1.82, 2.24) is 40.6 Å². The van der Waals surface area contributed by atoms with Gasteiger partial charge in [-0.2, -0.15) is 10.2 Å². The summed E-state index contributed by atoms with van der Waals surface area (Å²) in [6.45, 7) is 11.1. The maximum Gasteiger partial charge on any atom is 0.246 e. The molecule has 14 heteroatoms. The number of thiazole rings is 1. The lowest BCUT2D eigenvalue weighted by Gasteiger charge is -2.36. The number of para-hydroxylation sites is 1. The van der Waals surface area contributed by atoms with E-state index in [1.54, 1.807) is 35.7 Å². The van der Waals surface area contributed by atoms with E-state index in [0.717, 1.165) is 51.4 Å². The van der Waals surface area contributed by atoms with Gasteiger partial charge in [0.15, 0.2) is 0 Å². The van der Waals surface area contributed by atoms with Crippen molar-refractivity contribution >= 4 is 29.1 Å². The standard InChI is InChI=1S/C45H52N8O5S/c1-27(29-10-12-31(13-11-29)41-28(2)47-26-59-41)49-43(57)38-21-34(54)24-53(38)44(58)42(45(3,4)5)50-40(56)25-52-18-16-30(17-19-52)36-15-14-32(22-46-36)33-20-37(51-48-23-33)35-8-6-7-9-39(35)55/h6-15,20,22-23,26-27,30,34,38,42,54-55H,16-19,21,24-25H2,1-5H3,(H,49,57)(H,50,56)/t27-,34+,38-,42+/m0/s1. The second-order valence-corrected chi connectivity index (χ2v) is 17.6. The van der Waals surface area contributed by atoms with Crippen LogP contribution in [0.4, 0.5) is 0 Å². The molecule has 308 valence electrons. The Bertz CT molecular complexity index is 2270. The summed E-state index contributed by atoms with van der Waals surface area (Å²) in [6.07, 6.45) is 4.43. The summed E-state index contributed by atoms with van der Waals surface area (Å²) in [4.78, 5) is 55.2. The van der Waals surface area contributed by atoms with Gasteiger partial charge < -0.3 is 25.7 Å². The number of nitrogens with one attached hydrogen (secondary N) is 2. The van der Waals surface area contributed by atoms with Gasteiger partial charge in [-0.15, -0.1) is 11.3 Å². The third kappa shape index (κ3) is 9.67. The average molecular weight is 817 g/mol. The van der Waals surface area contributed by atoms with Crippen molar-refractivity contribution in [2.45, 2.75) is 84.0 Å². The van der Waals surface area contributed by atoms with Crippen molar-refractivity contribution in [2.24, 2.45) is 5.41 Å². The first kappa shape index (κ1) is 41.6. The summed E-state index contributed by atoms with van der Waals surface area (Å²) in [6, 6.07) is 18.9. The topological polar surface area (TPSA) is 174 Å². The highest BCUT2D eigenvalue weighted by atomic mass is 32.1. The fourth-order valence-corrected chi connectivity index (χ4v) is 8.79. The Labute approximate surface area is 348 Å². The largest absolute Gasteiger partial charge is 0.507 e. The summed E-state index contributed by atoms with van der Waals surface area (Å²) >= 11 is 1.58. The Morgan fingerprint density at radius 2 is 1.66 bits per heavy atom. The highest BCUT2D eigenvalue weighted by Gasteiger charge is 2.45. The molecule has 0 aliphatic carbocycles. The Morgan fingerprint density at radius 3 is 2.32 bits per heavy atom. The summed E-state index contributed by atoms with van der Waals surface area (Å²) in [5.41, 5.74) is 8.03. The number of aryl methyl sites for hydroxylation is 1. The van der Waals surface area contributed by atoms with Crippen LogP contribution in [-0.4, -0.2) is 102 Å². The second-order valence-electron chi connectivity index (χ2n) is 16.8. The zero-order valence-electron chi connectivity index (χ0n) is 34.1. The molecule has 0 bridgehead atoms. The number of phenols is 1. The zero-order chi connectivity index (χ0) is 41.8. The van der Waals surface area contributed by atoms with Crippen molar-refractivity contribution in [3.8, 4) is 38.6 Å². The first-order chi connectivity index (χ1) is 28.2. The van der Waals surface area contributed by atoms with Gasteiger partial charge in [-0.05, 0) is 80.6 Å². The number of carbonyl (C=O) groups is 3. The molecule has 4 atom stereocenters. The number of β-amino-alcohol motifs (C(OH)–C–C–N with tert-alkyl or cyclic N) is 1. The van der Waals surface area contributed by atoms with E-state index in [9.17, 15) is 24.6 Å². The zero-order valence-corrected chi connectivity index (χ0v) is 34.9. The van der Waals surface area contributed by atoms with E-state index in [-0.39, 0.29) is 54.9 Å². The maximum atomic E-state index is 14.2. The van der Waals surface area contributed by atoms with Crippen molar-refractivity contribution in [1.29, 1.82) is 0 Å². The molecule has 0 radical (unpaired) electrons. The third-order valence-corrected chi connectivity index (χ3v) is 12.4. The van der Waals surface area contributed by atoms with E-state index in [4.69, 9.17) is 4.98 Å². The molecule has 0 spiro atoms. The second kappa shape index (κ2) is 17.7. The fourth-order valence-electron chi connectivity index (χ4n) is 7.98. The number of piperidine rings is 1. The maximum absolute atomic E-state index is 14.2. The first-order valence-electron chi connectivity index (χ1n) is 20.1. The van der Waals surface area contributed by atoms with Crippen LogP contribution in [0.3, 0.4) is 0 Å². The van der Waals surface area contributed by atoms with Crippen LogP contribution in [0, 0.1) is 12.3 Å². The van der Waals surface area contributed by atoms with Crippen LogP contribution in [0.15, 0.2) is 84.6 Å². The monoisotopic (exact) mass is 816 g/mol. The Morgan fingerprint density at radius 1 is 0.932 bits per heavy atom. The molecule has 4 N–H and O–H groups in total. The van der Waals surface area contributed by atoms with Crippen molar-refractivity contribution in [2.75, 3.05) is 26.2 Å². The van der Waals surface area contributed by atoms with Crippen LogP contribution >= 0.6 is 11.3 Å². The number of carbonyl (C=O) groups excluding carboxylic acids is 3.